The number of hydrogen-bond donors (Lipinski definition) is 1. The number of hydrogen-bond acceptors (Lipinski definition) is 5. The average Bonchev–Trinajstić information content (AvgIpc) is 3.48. The summed E-state index contributed by atoms with van der Waals surface area (Å²) in [4.78, 5) is 19.5. The van der Waals surface area contributed by atoms with Crippen molar-refractivity contribution in [3.8, 4) is 22.5 Å². The van der Waals surface area contributed by atoms with Crippen LogP contribution in [0.25, 0.3) is 33.4 Å². The maximum Gasteiger partial charge on any atom is 0.255 e. The van der Waals surface area contributed by atoms with Gasteiger partial charge in [-0.1, -0.05) is 41.6 Å². The fraction of sp³-hybridized carbons (Fsp3) is 0.207. The molecule has 0 unspecified atom stereocenters. The van der Waals surface area contributed by atoms with Crippen molar-refractivity contribution in [1.82, 2.24) is 19.6 Å². The highest BCUT2D eigenvalue weighted by atomic mass is 16.5. The number of carbonyl (C=O) groups is 1. The van der Waals surface area contributed by atoms with E-state index in [0.29, 0.717) is 17.3 Å². The third-order valence-corrected chi connectivity index (χ3v) is 6.29. The van der Waals surface area contributed by atoms with Crippen molar-refractivity contribution >= 4 is 22.5 Å². The van der Waals surface area contributed by atoms with Crippen LogP contribution < -0.4 is 5.32 Å². The predicted molar refractivity (Wildman–Crippen MR) is 143 cm³/mol. The molecule has 1 amide bonds. The lowest BCUT2D eigenvalue weighted by atomic mass is 9.97. The Hall–Kier alpha value is -4.23. The number of aryl methyl sites for hydroxylation is 2. The topological polar surface area (TPSA) is 76.2 Å². The van der Waals surface area contributed by atoms with E-state index in [1.165, 1.54) is 0 Å². The molecule has 5 rings (SSSR count). The van der Waals surface area contributed by atoms with Gasteiger partial charge in [-0.25, -0.2) is 0 Å². The molecule has 0 aliphatic rings. The van der Waals surface area contributed by atoms with Crippen molar-refractivity contribution in [1.29, 1.82) is 0 Å². The minimum Gasteiger partial charge on any atom is -0.346 e. The van der Waals surface area contributed by atoms with E-state index in [-0.39, 0.29) is 5.91 Å². The summed E-state index contributed by atoms with van der Waals surface area (Å²) in [6.07, 6.45) is 2.09. The molecule has 2 aromatic heterocycles. The van der Waals surface area contributed by atoms with Crippen molar-refractivity contribution < 1.29 is 9.32 Å². The maximum atomic E-state index is 13.0. The molecule has 2 heterocycles. The van der Waals surface area contributed by atoms with Crippen molar-refractivity contribution in [2.24, 2.45) is 0 Å². The van der Waals surface area contributed by atoms with Gasteiger partial charge in [0.1, 0.15) is 0 Å². The lowest BCUT2D eigenvalue weighted by Crippen LogP contribution is -2.18. The largest absolute Gasteiger partial charge is 0.346 e. The van der Waals surface area contributed by atoms with Crippen LogP contribution in [0.15, 0.2) is 77.4 Å². The first kappa shape index (κ1) is 23.5. The number of rotatable bonds is 7. The average molecular weight is 480 g/mol. The van der Waals surface area contributed by atoms with E-state index in [4.69, 9.17) is 4.52 Å². The number of nitrogens with zero attached hydrogens (tertiary/aromatic N) is 4. The molecule has 0 bridgehead atoms. The smallest absolute Gasteiger partial charge is 0.255 e. The minimum atomic E-state index is -0.127. The molecule has 0 radical (unpaired) electrons. The van der Waals surface area contributed by atoms with Crippen LogP contribution in [0.2, 0.25) is 0 Å². The standard InChI is InChI=1S/C29H29N5O2/c1-19-17-24(10-12-26(19)21-5-7-23(8-6-21)28-30-20(2)36-32-28)29(35)31-25-11-9-22-13-14-34(27(22)18-25)16-15-33(3)4/h5-14,17-18H,15-16H2,1-4H3,(H,31,35). The summed E-state index contributed by atoms with van der Waals surface area (Å²) < 4.78 is 7.29. The van der Waals surface area contributed by atoms with Crippen LogP contribution in [0.4, 0.5) is 5.69 Å². The van der Waals surface area contributed by atoms with Gasteiger partial charge in [0.25, 0.3) is 5.91 Å². The van der Waals surface area contributed by atoms with Gasteiger partial charge < -0.3 is 19.3 Å². The van der Waals surface area contributed by atoms with Crippen molar-refractivity contribution in [2.75, 3.05) is 26.0 Å². The fourth-order valence-electron chi connectivity index (χ4n) is 4.31. The van der Waals surface area contributed by atoms with Crippen LogP contribution in [0.1, 0.15) is 21.8 Å². The van der Waals surface area contributed by atoms with E-state index in [2.05, 4.69) is 51.3 Å². The van der Waals surface area contributed by atoms with E-state index in [0.717, 1.165) is 51.9 Å². The molecule has 0 aliphatic carbocycles. The van der Waals surface area contributed by atoms with Gasteiger partial charge >= 0.3 is 0 Å². The zero-order valence-corrected chi connectivity index (χ0v) is 20.9. The van der Waals surface area contributed by atoms with E-state index in [1.54, 1.807) is 6.92 Å². The number of amides is 1. The number of nitrogens with one attached hydrogen (secondary N) is 1. The van der Waals surface area contributed by atoms with Crippen LogP contribution in [0.5, 0.6) is 0 Å². The fourth-order valence-corrected chi connectivity index (χ4v) is 4.31. The van der Waals surface area contributed by atoms with Crippen LogP contribution in [0.3, 0.4) is 0 Å². The zero-order valence-electron chi connectivity index (χ0n) is 20.9. The monoisotopic (exact) mass is 479 g/mol. The lowest BCUT2D eigenvalue weighted by molar-refractivity contribution is 0.102. The second-order valence-corrected chi connectivity index (χ2v) is 9.28. The van der Waals surface area contributed by atoms with Gasteiger partial charge in [0.05, 0.1) is 5.52 Å². The number of aromatic nitrogens is 3. The van der Waals surface area contributed by atoms with Gasteiger partial charge in [-0.15, -0.1) is 0 Å². The van der Waals surface area contributed by atoms with Crippen LogP contribution in [-0.2, 0) is 6.54 Å². The normalized spacial score (nSPS) is 11.4. The first-order valence-electron chi connectivity index (χ1n) is 11.9. The summed E-state index contributed by atoms with van der Waals surface area (Å²) in [6.45, 7) is 5.64. The summed E-state index contributed by atoms with van der Waals surface area (Å²) in [5, 5.41) is 8.19. The molecule has 36 heavy (non-hydrogen) atoms. The van der Waals surface area contributed by atoms with Gasteiger partial charge in [-0.2, -0.15) is 4.98 Å². The van der Waals surface area contributed by atoms with Crippen LogP contribution >= 0.6 is 0 Å². The Kier molecular flexibility index (Phi) is 6.40. The van der Waals surface area contributed by atoms with E-state index < -0.39 is 0 Å². The van der Waals surface area contributed by atoms with Gasteiger partial charge in [0, 0.05) is 43.0 Å². The number of carbonyl (C=O) groups excluding carboxylic acids is 1. The molecular formula is C29H29N5O2. The summed E-state index contributed by atoms with van der Waals surface area (Å²) >= 11 is 0. The third kappa shape index (κ3) is 4.92. The van der Waals surface area contributed by atoms with E-state index in [9.17, 15) is 4.79 Å². The number of fused-ring (bicyclic) bond motifs is 1. The van der Waals surface area contributed by atoms with Crippen molar-refractivity contribution in [3.05, 3.63) is 89.9 Å². The SMILES string of the molecule is Cc1nc(-c2ccc(-c3ccc(C(=O)Nc4ccc5ccn(CCN(C)C)c5c4)cc3C)cc2)no1. The molecule has 0 aliphatic heterocycles. The second kappa shape index (κ2) is 9.79. The molecule has 0 saturated heterocycles. The highest BCUT2D eigenvalue weighted by Gasteiger charge is 2.12. The quantitative estimate of drug-likeness (QED) is 0.320. The molecule has 0 saturated carbocycles. The molecule has 0 spiro atoms. The summed E-state index contributed by atoms with van der Waals surface area (Å²) in [6, 6.07) is 21.9. The Balaban J connectivity index is 1.32. The predicted octanol–water partition coefficient (Wildman–Crippen LogP) is 5.79. The third-order valence-electron chi connectivity index (χ3n) is 6.29. The Bertz CT molecular complexity index is 1530. The summed E-state index contributed by atoms with van der Waals surface area (Å²) in [5.41, 5.74) is 6.58. The Labute approximate surface area is 210 Å². The Morgan fingerprint density at radius 2 is 1.75 bits per heavy atom. The zero-order chi connectivity index (χ0) is 25.2. The van der Waals surface area contributed by atoms with Crippen molar-refractivity contribution in [2.45, 2.75) is 20.4 Å². The number of benzene rings is 3. The van der Waals surface area contributed by atoms with Gasteiger partial charge in [-0.05, 0) is 73.4 Å². The van der Waals surface area contributed by atoms with E-state index >= 15 is 0 Å². The van der Waals surface area contributed by atoms with Crippen LogP contribution in [0, 0.1) is 13.8 Å². The minimum absolute atomic E-state index is 0.127. The molecule has 3 aromatic carbocycles. The first-order valence-corrected chi connectivity index (χ1v) is 11.9. The number of anilines is 1. The molecule has 0 atom stereocenters. The molecule has 5 aromatic rings. The van der Waals surface area contributed by atoms with Crippen molar-refractivity contribution in [3.63, 3.8) is 0 Å². The molecule has 7 heteroatoms. The molecule has 182 valence electrons. The molecule has 7 nitrogen and oxygen atoms in total. The lowest BCUT2D eigenvalue weighted by Gasteiger charge is -2.12. The molecule has 0 fully saturated rings. The number of likely N-dealkylation sites (N-methyl/N-ethyl adjacent to an activating group) is 1. The van der Waals surface area contributed by atoms with Crippen LogP contribution in [-0.4, -0.2) is 46.2 Å². The highest BCUT2D eigenvalue weighted by Crippen LogP contribution is 2.27. The summed E-state index contributed by atoms with van der Waals surface area (Å²) in [5.74, 6) is 0.987. The first-order chi connectivity index (χ1) is 17.4. The Morgan fingerprint density at radius 3 is 2.44 bits per heavy atom. The van der Waals surface area contributed by atoms with Gasteiger partial charge in [0.15, 0.2) is 0 Å². The Morgan fingerprint density at radius 1 is 0.972 bits per heavy atom. The maximum absolute atomic E-state index is 13.0. The van der Waals surface area contributed by atoms with Gasteiger partial charge in [-0.3, -0.25) is 4.79 Å². The summed E-state index contributed by atoms with van der Waals surface area (Å²) in [7, 11) is 4.13. The second-order valence-electron chi connectivity index (χ2n) is 9.28. The molecular weight excluding hydrogens is 450 g/mol. The molecule has 1 N–H and O–H groups in total. The van der Waals surface area contributed by atoms with E-state index in [1.807, 2.05) is 67.6 Å². The highest BCUT2D eigenvalue weighted by molar-refractivity contribution is 6.05. The van der Waals surface area contributed by atoms with Gasteiger partial charge in [0.2, 0.25) is 11.7 Å².